The Bertz CT molecular complexity index is 582. The lowest BCUT2D eigenvalue weighted by Gasteiger charge is -2.27. The van der Waals surface area contributed by atoms with Crippen molar-refractivity contribution in [3.05, 3.63) is 29.0 Å². The fraction of sp³-hybridized carbons (Fsp3) is 0.500. The van der Waals surface area contributed by atoms with Crippen LogP contribution in [0.4, 0.5) is 0 Å². The van der Waals surface area contributed by atoms with Crippen LogP contribution in [0.5, 0.6) is 0 Å². The molecule has 3 rings (SSSR count). The van der Waals surface area contributed by atoms with Gasteiger partial charge in [0.15, 0.2) is 0 Å². The summed E-state index contributed by atoms with van der Waals surface area (Å²) in [6.07, 6.45) is 3.42. The summed E-state index contributed by atoms with van der Waals surface area (Å²) in [7, 11) is 2.06. The number of halogens is 1. The zero-order chi connectivity index (χ0) is 12.8. The Balaban J connectivity index is 2.24. The molecule has 1 aromatic heterocycles. The summed E-state index contributed by atoms with van der Waals surface area (Å²) in [5.41, 5.74) is 2.05. The van der Waals surface area contributed by atoms with Crippen LogP contribution in [0.1, 0.15) is 32.0 Å². The molecule has 0 amide bonds. The maximum absolute atomic E-state index is 6.29. The number of hydrogen-bond donors (Lipinski definition) is 1. The van der Waals surface area contributed by atoms with Crippen LogP contribution in [-0.2, 0) is 12.6 Å². The molecule has 1 N–H and O–H groups in total. The summed E-state index contributed by atoms with van der Waals surface area (Å²) in [6, 6.07) is 5.92. The maximum Gasteiger partial charge on any atom is 0.130 e. The van der Waals surface area contributed by atoms with Crippen molar-refractivity contribution in [2.24, 2.45) is 7.05 Å². The minimum atomic E-state index is 0.0249. The van der Waals surface area contributed by atoms with E-state index in [1.54, 1.807) is 0 Å². The van der Waals surface area contributed by atoms with Crippen molar-refractivity contribution in [1.82, 2.24) is 14.9 Å². The molecule has 2 aromatic rings. The predicted molar refractivity (Wildman–Crippen MR) is 74.9 cm³/mol. The zero-order valence-corrected chi connectivity index (χ0v) is 11.6. The number of nitrogens with zero attached hydrogens (tertiary/aromatic N) is 2. The van der Waals surface area contributed by atoms with E-state index in [9.17, 15) is 0 Å². The van der Waals surface area contributed by atoms with Crippen LogP contribution in [0.15, 0.2) is 18.2 Å². The van der Waals surface area contributed by atoms with E-state index in [4.69, 9.17) is 16.6 Å². The first-order valence-corrected chi connectivity index (χ1v) is 6.92. The third-order valence-corrected chi connectivity index (χ3v) is 4.43. The maximum atomic E-state index is 6.29. The van der Waals surface area contributed by atoms with E-state index in [1.807, 2.05) is 18.2 Å². The van der Waals surface area contributed by atoms with Crippen molar-refractivity contribution in [3.8, 4) is 0 Å². The van der Waals surface area contributed by atoms with E-state index in [-0.39, 0.29) is 5.54 Å². The topological polar surface area (TPSA) is 29.9 Å². The standard InChI is InChI=1S/C14H18ClN3/c1-3-14(8-5-9-16-14)13-17-11-7-4-6-10(15)12(11)18(13)2/h4,6-7,16H,3,5,8-9H2,1-2H3. The molecule has 0 bridgehead atoms. The van der Waals surface area contributed by atoms with Gasteiger partial charge in [0.05, 0.1) is 21.6 Å². The number of imidazole rings is 1. The van der Waals surface area contributed by atoms with Crippen LogP contribution in [0.2, 0.25) is 5.02 Å². The minimum absolute atomic E-state index is 0.0249. The van der Waals surface area contributed by atoms with E-state index in [0.717, 1.165) is 41.3 Å². The van der Waals surface area contributed by atoms with Crippen LogP contribution in [0.3, 0.4) is 0 Å². The van der Waals surface area contributed by atoms with Gasteiger partial charge in [-0.3, -0.25) is 0 Å². The molecule has 1 saturated heterocycles. The second-order valence-electron chi connectivity index (χ2n) is 5.07. The number of hydrogen-bond acceptors (Lipinski definition) is 2. The number of nitrogens with one attached hydrogen (secondary N) is 1. The van der Waals surface area contributed by atoms with Crippen LogP contribution in [-0.4, -0.2) is 16.1 Å². The highest BCUT2D eigenvalue weighted by Crippen LogP contribution is 2.36. The Morgan fingerprint density at radius 1 is 1.50 bits per heavy atom. The van der Waals surface area contributed by atoms with E-state index in [1.165, 1.54) is 6.42 Å². The molecule has 2 heterocycles. The van der Waals surface area contributed by atoms with E-state index in [2.05, 4.69) is 23.9 Å². The average molecular weight is 264 g/mol. The highest BCUT2D eigenvalue weighted by atomic mass is 35.5. The number of aryl methyl sites for hydroxylation is 1. The Morgan fingerprint density at radius 2 is 2.33 bits per heavy atom. The van der Waals surface area contributed by atoms with Gasteiger partial charge in [0.1, 0.15) is 5.82 Å². The molecule has 1 aromatic carbocycles. The van der Waals surface area contributed by atoms with Gasteiger partial charge < -0.3 is 9.88 Å². The van der Waals surface area contributed by atoms with Crippen molar-refractivity contribution in [2.75, 3.05) is 6.54 Å². The average Bonchev–Trinajstić information content (AvgIpc) is 2.96. The highest BCUT2D eigenvalue weighted by Gasteiger charge is 2.37. The molecular weight excluding hydrogens is 246 g/mol. The first kappa shape index (κ1) is 12.0. The predicted octanol–water partition coefficient (Wildman–Crippen LogP) is 3.22. The van der Waals surface area contributed by atoms with Gasteiger partial charge in [-0.2, -0.15) is 0 Å². The normalized spacial score (nSPS) is 23.9. The Morgan fingerprint density at radius 3 is 2.94 bits per heavy atom. The number of rotatable bonds is 2. The summed E-state index contributed by atoms with van der Waals surface area (Å²) < 4.78 is 2.15. The smallest absolute Gasteiger partial charge is 0.130 e. The van der Waals surface area contributed by atoms with Gasteiger partial charge in [-0.15, -0.1) is 0 Å². The van der Waals surface area contributed by atoms with Gasteiger partial charge in [0.2, 0.25) is 0 Å². The second kappa shape index (κ2) is 4.25. The van der Waals surface area contributed by atoms with Crippen molar-refractivity contribution in [2.45, 2.75) is 31.7 Å². The largest absolute Gasteiger partial charge is 0.328 e. The molecule has 4 heteroatoms. The molecule has 1 aliphatic heterocycles. The van der Waals surface area contributed by atoms with Gasteiger partial charge >= 0.3 is 0 Å². The molecule has 3 nitrogen and oxygen atoms in total. The molecule has 96 valence electrons. The zero-order valence-electron chi connectivity index (χ0n) is 10.8. The number of aromatic nitrogens is 2. The van der Waals surface area contributed by atoms with Crippen molar-refractivity contribution < 1.29 is 0 Å². The second-order valence-corrected chi connectivity index (χ2v) is 5.48. The highest BCUT2D eigenvalue weighted by molar-refractivity contribution is 6.35. The first-order valence-electron chi connectivity index (χ1n) is 6.54. The van der Waals surface area contributed by atoms with Crippen LogP contribution < -0.4 is 5.32 Å². The third kappa shape index (κ3) is 1.57. The molecule has 0 spiro atoms. The fourth-order valence-corrected chi connectivity index (χ4v) is 3.40. The number of benzene rings is 1. The Kier molecular flexibility index (Phi) is 2.83. The van der Waals surface area contributed by atoms with Crippen molar-refractivity contribution in [1.29, 1.82) is 0 Å². The van der Waals surface area contributed by atoms with E-state index >= 15 is 0 Å². The lowest BCUT2D eigenvalue weighted by atomic mass is 9.93. The van der Waals surface area contributed by atoms with E-state index in [0.29, 0.717) is 0 Å². The van der Waals surface area contributed by atoms with Crippen molar-refractivity contribution in [3.63, 3.8) is 0 Å². The summed E-state index contributed by atoms with van der Waals surface area (Å²) in [5, 5.41) is 4.41. The molecule has 1 unspecified atom stereocenters. The molecule has 18 heavy (non-hydrogen) atoms. The fourth-order valence-electron chi connectivity index (χ4n) is 3.11. The lowest BCUT2D eigenvalue weighted by Crippen LogP contribution is -2.38. The molecule has 0 aliphatic carbocycles. The van der Waals surface area contributed by atoms with Crippen LogP contribution in [0, 0.1) is 0 Å². The molecule has 1 fully saturated rings. The third-order valence-electron chi connectivity index (χ3n) is 4.12. The lowest BCUT2D eigenvalue weighted by molar-refractivity contribution is 0.345. The van der Waals surface area contributed by atoms with Gasteiger partial charge in [0.25, 0.3) is 0 Å². The molecule has 0 saturated carbocycles. The number of fused-ring (bicyclic) bond motifs is 1. The van der Waals surface area contributed by atoms with Gasteiger partial charge in [-0.05, 0) is 37.9 Å². The van der Waals surface area contributed by atoms with Gasteiger partial charge in [-0.25, -0.2) is 4.98 Å². The summed E-state index contributed by atoms with van der Waals surface area (Å²) in [4.78, 5) is 4.81. The molecular formula is C14H18ClN3. The van der Waals surface area contributed by atoms with Gasteiger partial charge in [0, 0.05) is 7.05 Å². The molecule has 0 radical (unpaired) electrons. The van der Waals surface area contributed by atoms with Crippen LogP contribution >= 0.6 is 11.6 Å². The first-order chi connectivity index (χ1) is 8.68. The minimum Gasteiger partial charge on any atom is -0.328 e. The molecule has 1 aliphatic rings. The molecule has 1 atom stereocenters. The van der Waals surface area contributed by atoms with Gasteiger partial charge in [-0.1, -0.05) is 24.6 Å². The Labute approximate surface area is 112 Å². The summed E-state index contributed by atoms with van der Waals surface area (Å²) in [5.74, 6) is 1.12. The monoisotopic (exact) mass is 263 g/mol. The van der Waals surface area contributed by atoms with Crippen LogP contribution in [0.25, 0.3) is 11.0 Å². The van der Waals surface area contributed by atoms with Crippen molar-refractivity contribution >= 4 is 22.6 Å². The summed E-state index contributed by atoms with van der Waals surface area (Å²) >= 11 is 6.29. The Hall–Kier alpha value is -1.06. The summed E-state index contributed by atoms with van der Waals surface area (Å²) in [6.45, 7) is 3.30. The van der Waals surface area contributed by atoms with E-state index < -0.39 is 0 Å². The SMILES string of the molecule is CCC1(c2nc3cccc(Cl)c3n2C)CCCN1. The quantitative estimate of drug-likeness (QED) is 0.902. The number of para-hydroxylation sites is 1.